The number of ether oxygens (including phenoxy) is 2. The Labute approximate surface area is 238 Å². The summed E-state index contributed by atoms with van der Waals surface area (Å²) in [6, 6.07) is -0.114. The number of likely N-dealkylation sites (N-methyl/N-ethyl adjacent to an activating group) is 2. The molecule has 234 valence electrons. The number of rotatable bonds is 17. The molecule has 1 fully saturated rings. The second kappa shape index (κ2) is 16.9. The fraction of sp³-hybridized carbons (Fsp3) is 1.00. The maximum absolute atomic E-state index is 11.4. The average molecular weight is 563 g/mol. The van der Waals surface area contributed by atoms with Crippen LogP contribution in [0.5, 0.6) is 0 Å². The van der Waals surface area contributed by atoms with Crippen molar-refractivity contribution in [2.45, 2.75) is 136 Å². The zero-order valence-corrected chi connectivity index (χ0v) is 26.6. The van der Waals surface area contributed by atoms with Crippen LogP contribution in [-0.4, -0.2) is 118 Å². The molecule has 1 aliphatic rings. The van der Waals surface area contributed by atoms with Crippen LogP contribution in [0.2, 0.25) is 0 Å². The van der Waals surface area contributed by atoms with E-state index in [0.717, 1.165) is 25.8 Å². The SMILES string of the molecule is CCC[C@H](C)[C@H](O)[C@@H](C)N(C)C[C@H](C)C[C@H](C)C(O)[C@@H](C)C(OC1CC(N(C)C)C(O)C(C)O1)[C@@H](C)C(O)O. The summed E-state index contributed by atoms with van der Waals surface area (Å²) in [5, 5.41) is 52.7. The molecule has 9 heteroatoms. The smallest absolute Gasteiger partial charge is 0.160 e. The van der Waals surface area contributed by atoms with Crippen LogP contribution in [0.25, 0.3) is 0 Å². The Morgan fingerprint density at radius 1 is 0.897 bits per heavy atom. The molecule has 0 aromatic rings. The van der Waals surface area contributed by atoms with E-state index in [1.165, 1.54) is 0 Å². The van der Waals surface area contributed by atoms with Crippen LogP contribution in [0.4, 0.5) is 0 Å². The molecular weight excluding hydrogens is 500 g/mol. The van der Waals surface area contributed by atoms with Gasteiger partial charge in [-0.2, -0.15) is 0 Å². The van der Waals surface area contributed by atoms with Crippen LogP contribution in [-0.2, 0) is 9.47 Å². The van der Waals surface area contributed by atoms with Crippen molar-refractivity contribution in [3.05, 3.63) is 0 Å². The molecule has 1 aliphatic heterocycles. The number of aliphatic hydroxyl groups is 5. The van der Waals surface area contributed by atoms with Crippen LogP contribution >= 0.6 is 0 Å². The average Bonchev–Trinajstić information content (AvgIpc) is 2.86. The minimum atomic E-state index is -1.60. The Kier molecular flexibility index (Phi) is 15.9. The predicted molar refractivity (Wildman–Crippen MR) is 155 cm³/mol. The fourth-order valence-electron chi connectivity index (χ4n) is 6.28. The highest BCUT2D eigenvalue weighted by Crippen LogP contribution is 2.32. The summed E-state index contributed by atoms with van der Waals surface area (Å²) in [6.45, 7) is 16.7. The number of hydrogen-bond acceptors (Lipinski definition) is 9. The monoisotopic (exact) mass is 562 g/mol. The maximum atomic E-state index is 11.4. The zero-order valence-electron chi connectivity index (χ0n) is 26.6. The van der Waals surface area contributed by atoms with Crippen LogP contribution in [0, 0.1) is 29.6 Å². The summed E-state index contributed by atoms with van der Waals surface area (Å²) in [4.78, 5) is 4.15. The lowest BCUT2D eigenvalue weighted by Gasteiger charge is -2.44. The van der Waals surface area contributed by atoms with Gasteiger partial charge < -0.3 is 44.8 Å². The molecule has 6 unspecified atom stereocenters. The standard InChI is InChI=1S/C30H62N2O7/c1-12-13-18(3)27(34)22(7)32(11)16-17(2)14-19(4)26(33)20(5)29(21(6)30(36)37)39-25-15-24(31(9)10)28(35)23(8)38-25/h17-30,33-37H,12-16H2,1-11H3/t17-,18+,19+,20-,21-,22-,23?,24?,25?,26?,27+,28?,29?/m1/s1. The Morgan fingerprint density at radius 3 is 2.00 bits per heavy atom. The van der Waals surface area contributed by atoms with E-state index in [0.29, 0.717) is 6.42 Å². The van der Waals surface area contributed by atoms with Crippen LogP contribution in [0.15, 0.2) is 0 Å². The van der Waals surface area contributed by atoms with Gasteiger partial charge in [-0.05, 0) is 65.6 Å². The van der Waals surface area contributed by atoms with E-state index in [1.54, 1.807) is 13.8 Å². The van der Waals surface area contributed by atoms with Gasteiger partial charge in [0.25, 0.3) is 0 Å². The van der Waals surface area contributed by atoms with Gasteiger partial charge in [0.05, 0.1) is 30.5 Å². The first-order valence-electron chi connectivity index (χ1n) is 15.1. The van der Waals surface area contributed by atoms with E-state index >= 15 is 0 Å². The summed E-state index contributed by atoms with van der Waals surface area (Å²) in [7, 11) is 5.85. The molecule has 0 bridgehead atoms. The zero-order chi connectivity index (χ0) is 30.2. The molecule has 5 N–H and O–H groups in total. The van der Waals surface area contributed by atoms with Gasteiger partial charge in [-0.3, -0.25) is 0 Å². The van der Waals surface area contributed by atoms with E-state index in [1.807, 2.05) is 39.9 Å². The van der Waals surface area contributed by atoms with Gasteiger partial charge in [-0.1, -0.05) is 48.0 Å². The van der Waals surface area contributed by atoms with Gasteiger partial charge in [0.2, 0.25) is 0 Å². The van der Waals surface area contributed by atoms with Gasteiger partial charge in [-0.15, -0.1) is 0 Å². The summed E-state index contributed by atoms with van der Waals surface area (Å²) in [6.07, 6.45) is -1.83. The van der Waals surface area contributed by atoms with Crippen molar-refractivity contribution in [1.29, 1.82) is 0 Å². The van der Waals surface area contributed by atoms with Crippen molar-refractivity contribution in [3.63, 3.8) is 0 Å². The highest BCUT2D eigenvalue weighted by Gasteiger charge is 2.42. The Hall–Kier alpha value is -0.360. The largest absolute Gasteiger partial charge is 0.392 e. The Morgan fingerprint density at radius 2 is 1.49 bits per heavy atom. The molecule has 0 amide bonds. The summed E-state index contributed by atoms with van der Waals surface area (Å²) >= 11 is 0. The predicted octanol–water partition coefficient (Wildman–Crippen LogP) is 2.52. The molecule has 0 radical (unpaired) electrons. The molecule has 0 aromatic carbocycles. The third-order valence-corrected chi connectivity index (χ3v) is 9.17. The van der Waals surface area contributed by atoms with Crippen molar-refractivity contribution in [2.75, 3.05) is 27.7 Å². The van der Waals surface area contributed by atoms with E-state index in [-0.39, 0.29) is 41.9 Å². The van der Waals surface area contributed by atoms with Crippen molar-refractivity contribution in [1.82, 2.24) is 9.80 Å². The van der Waals surface area contributed by atoms with Gasteiger partial charge in [0.1, 0.15) is 0 Å². The molecule has 13 atom stereocenters. The highest BCUT2D eigenvalue weighted by atomic mass is 16.7. The van der Waals surface area contributed by atoms with E-state index in [9.17, 15) is 25.5 Å². The molecule has 1 rings (SSSR count). The topological polar surface area (TPSA) is 126 Å². The lowest BCUT2D eigenvalue weighted by molar-refractivity contribution is -0.275. The summed E-state index contributed by atoms with van der Waals surface area (Å²) in [5.41, 5.74) is 0. The quantitative estimate of drug-likeness (QED) is 0.170. The number of hydrogen-bond donors (Lipinski definition) is 5. The first-order chi connectivity index (χ1) is 18.0. The molecule has 0 aromatic heterocycles. The molecular formula is C30H62N2O7. The minimum absolute atomic E-state index is 0.0419. The second-order valence-electron chi connectivity index (χ2n) is 13.0. The third kappa shape index (κ3) is 10.8. The van der Waals surface area contributed by atoms with Gasteiger partial charge in [0, 0.05) is 36.9 Å². The van der Waals surface area contributed by atoms with Crippen molar-refractivity contribution in [2.24, 2.45) is 29.6 Å². The third-order valence-electron chi connectivity index (χ3n) is 9.17. The first kappa shape index (κ1) is 36.7. The van der Waals surface area contributed by atoms with E-state index < -0.39 is 42.9 Å². The summed E-state index contributed by atoms with van der Waals surface area (Å²) in [5.74, 6) is -0.563. The molecule has 1 saturated heterocycles. The van der Waals surface area contributed by atoms with Crippen molar-refractivity contribution in [3.8, 4) is 0 Å². The Balaban J connectivity index is 2.86. The molecule has 39 heavy (non-hydrogen) atoms. The van der Waals surface area contributed by atoms with Crippen LogP contribution in [0.1, 0.15) is 81.1 Å². The van der Waals surface area contributed by atoms with Crippen molar-refractivity contribution < 1.29 is 35.0 Å². The number of nitrogens with zero attached hydrogens (tertiary/aromatic N) is 2. The van der Waals surface area contributed by atoms with Crippen molar-refractivity contribution >= 4 is 0 Å². The van der Waals surface area contributed by atoms with E-state index in [4.69, 9.17) is 9.47 Å². The molecule has 0 aliphatic carbocycles. The first-order valence-corrected chi connectivity index (χ1v) is 15.1. The fourth-order valence-corrected chi connectivity index (χ4v) is 6.28. The normalized spacial score (nSPS) is 29.6. The molecule has 0 spiro atoms. The maximum Gasteiger partial charge on any atom is 0.160 e. The summed E-state index contributed by atoms with van der Waals surface area (Å²) < 4.78 is 12.3. The highest BCUT2D eigenvalue weighted by molar-refractivity contribution is 4.88. The lowest BCUT2D eigenvalue weighted by Crippen LogP contribution is -2.55. The second-order valence-corrected chi connectivity index (χ2v) is 13.0. The van der Waals surface area contributed by atoms with E-state index in [2.05, 4.69) is 32.6 Å². The molecule has 9 nitrogen and oxygen atoms in total. The lowest BCUT2D eigenvalue weighted by atomic mass is 9.80. The van der Waals surface area contributed by atoms with Crippen LogP contribution < -0.4 is 0 Å². The van der Waals surface area contributed by atoms with Gasteiger partial charge in [0.15, 0.2) is 12.6 Å². The molecule has 1 heterocycles. The van der Waals surface area contributed by atoms with Crippen LogP contribution in [0.3, 0.4) is 0 Å². The Bertz CT molecular complexity index is 669. The molecule has 0 saturated carbocycles. The number of aliphatic hydroxyl groups excluding tert-OH is 4. The minimum Gasteiger partial charge on any atom is -0.392 e. The van der Waals surface area contributed by atoms with Gasteiger partial charge >= 0.3 is 0 Å². The van der Waals surface area contributed by atoms with Gasteiger partial charge in [-0.25, -0.2) is 0 Å².